The molecule has 0 radical (unpaired) electrons. The molecule has 0 aromatic carbocycles. The molecule has 0 aromatic heterocycles. The topological polar surface area (TPSA) is 95.5 Å². The van der Waals surface area contributed by atoms with Crippen LogP contribution in [0.5, 0.6) is 0 Å². The van der Waals surface area contributed by atoms with E-state index < -0.39 is 5.60 Å². The first kappa shape index (κ1) is 24.8. The minimum Gasteiger partial charge on any atom is -0.453 e. The third kappa shape index (κ3) is 9.71. The van der Waals surface area contributed by atoms with E-state index in [0.717, 1.165) is 25.3 Å². The summed E-state index contributed by atoms with van der Waals surface area (Å²) in [6.07, 6.45) is 1.09. The van der Waals surface area contributed by atoms with Gasteiger partial charge >= 0.3 is 12.2 Å². The molecule has 0 saturated carbocycles. The Balaban J connectivity index is 2.50. The highest BCUT2D eigenvalue weighted by Crippen LogP contribution is 2.12. The van der Waals surface area contributed by atoms with Gasteiger partial charge in [-0.2, -0.15) is 0 Å². The quantitative estimate of drug-likeness (QED) is 0.512. The molecule has 9 heteroatoms. The Kier molecular flexibility index (Phi) is 10.0. The number of nitrogens with zero attached hydrogens (tertiary/aromatic N) is 3. The van der Waals surface area contributed by atoms with Crippen molar-refractivity contribution in [3.8, 4) is 0 Å². The zero-order chi connectivity index (χ0) is 22.0. The zero-order valence-electron chi connectivity index (χ0n) is 19.1. The number of carbonyl (C=O) groups is 2. The summed E-state index contributed by atoms with van der Waals surface area (Å²) in [4.78, 5) is 31.7. The van der Waals surface area contributed by atoms with Crippen molar-refractivity contribution in [2.45, 2.75) is 59.1 Å². The average Bonchev–Trinajstić information content (AvgIpc) is 2.64. The van der Waals surface area contributed by atoms with Crippen molar-refractivity contribution >= 4 is 18.1 Å². The average molecular weight is 414 g/mol. The summed E-state index contributed by atoms with van der Waals surface area (Å²) in [5.41, 5.74) is -0.502. The van der Waals surface area contributed by atoms with Gasteiger partial charge in [-0.25, -0.2) is 9.59 Å². The number of rotatable bonds is 6. The molecule has 1 saturated heterocycles. The van der Waals surface area contributed by atoms with E-state index in [-0.39, 0.29) is 24.1 Å². The monoisotopic (exact) mass is 413 g/mol. The van der Waals surface area contributed by atoms with Crippen LogP contribution >= 0.6 is 0 Å². The van der Waals surface area contributed by atoms with Gasteiger partial charge in [-0.15, -0.1) is 0 Å². The summed E-state index contributed by atoms with van der Waals surface area (Å²) in [5.74, 6) is 0.944. The van der Waals surface area contributed by atoms with Gasteiger partial charge in [0.2, 0.25) is 0 Å². The summed E-state index contributed by atoms with van der Waals surface area (Å²) in [6.45, 7) is 12.9. The number of likely N-dealkylation sites (tertiary alicyclic amines) is 1. The number of piperidine rings is 1. The molecule has 1 aliphatic rings. The molecule has 9 nitrogen and oxygen atoms in total. The molecule has 2 N–H and O–H groups in total. The third-order valence-electron chi connectivity index (χ3n) is 4.46. The van der Waals surface area contributed by atoms with Crippen molar-refractivity contribution in [3.63, 3.8) is 0 Å². The molecule has 1 fully saturated rings. The molecule has 1 heterocycles. The van der Waals surface area contributed by atoms with E-state index in [2.05, 4.69) is 22.5 Å². The highest BCUT2D eigenvalue weighted by Gasteiger charge is 2.24. The van der Waals surface area contributed by atoms with Crippen LogP contribution in [0.2, 0.25) is 0 Å². The second kappa shape index (κ2) is 11.7. The van der Waals surface area contributed by atoms with Gasteiger partial charge < -0.3 is 29.9 Å². The molecule has 1 rings (SSSR count). The lowest BCUT2D eigenvalue weighted by atomic mass is 10.1. The van der Waals surface area contributed by atoms with Gasteiger partial charge in [0, 0.05) is 45.8 Å². The fourth-order valence-corrected chi connectivity index (χ4v) is 3.04. The molecule has 29 heavy (non-hydrogen) atoms. The first-order valence-corrected chi connectivity index (χ1v) is 10.4. The van der Waals surface area contributed by atoms with Crippen molar-refractivity contribution in [1.29, 1.82) is 0 Å². The number of methoxy groups -OCH3 is 1. The zero-order valence-corrected chi connectivity index (χ0v) is 19.1. The fourth-order valence-electron chi connectivity index (χ4n) is 3.04. The highest BCUT2D eigenvalue weighted by molar-refractivity contribution is 5.80. The first-order chi connectivity index (χ1) is 13.6. The van der Waals surface area contributed by atoms with Crippen molar-refractivity contribution in [3.05, 3.63) is 0 Å². The molecule has 0 bridgehead atoms. The number of guanidine groups is 1. The van der Waals surface area contributed by atoms with Gasteiger partial charge in [-0.05, 0) is 46.5 Å². The number of amides is 2. The van der Waals surface area contributed by atoms with Gasteiger partial charge in [-0.1, -0.05) is 6.92 Å². The Morgan fingerprint density at radius 1 is 1.28 bits per heavy atom. The Labute approximate surface area is 175 Å². The van der Waals surface area contributed by atoms with Gasteiger partial charge in [0.1, 0.15) is 5.60 Å². The summed E-state index contributed by atoms with van der Waals surface area (Å²) in [6, 6.07) is 0.258. The van der Waals surface area contributed by atoms with Crippen LogP contribution in [0.1, 0.15) is 47.5 Å². The van der Waals surface area contributed by atoms with Crippen LogP contribution in [0.25, 0.3) is 0 Å². The van der Waals surface area contributed by atoms with Crippen molar-refractivity contribution in [2.75, 3.05) is 46.9 Å². The molecule has 1 aliphatic heterocycles. The predicted molar refractivity (Wildman–Crippen MR) is 114 cm³/mol. The number of hydrogen-bond donors (Lipinski definition) is 2. The van der Waals surface area contributed by atoms with E-state index in [1.54, 1.807) is 16.8 Å². The van der Waals surface area contributed by atoms with Crippen LogP contribution in [0, 0.1) is 5.92 Å². The normalized spacial score (nSPS) is 16.8. The number of aliphatic imine (C=N–C) groups is 1. The molecule has 0 aliphatic carbocycles. The van der Waals surface area contributed by atoms with Crippen LogP contribution in [0.4, 0.5) is 9.59 Å². The lowest BCUT2D eigenvalue weighted by Crippen LogP contribution is -2.50. The highest BCUT2D eigenvalue weighted by atomic mass is 16.6. The van der Waals surface area contributed by atoms with Crippen LogP contribution in [-0.4, -0.2) is 86.5 Å². The van der Waals surface area contributed by atoms with Crippen LogP contribution in [0.3, 0.4) is 0 Å². The first-order valence-electron chi connectivity index (χ1n) is 10.4. The van der Waals surface area contributed by atoms with E-state index in [4.69, 9.17) is 9.47 Å². The van der Waals surface area contributed by atoms with Crippen LogP contribution in [0.15, 0.2) is 4.99 Å². The molecule has 1 unspecified atom stereocenters. The lowest BCUT2D eigenvalue weighted by Gasteiger charge is -2.32. The number of carbonyl (C=O) groups excluding carboxylic acids is 2. The molecular weight excluding hydrogens is 374 g/mol. The van der Waals surface area contributed by atoms with Gasteiger partial charge in [0.05, 0.1) is 7.11 Å². The molecular formula is C20H39N5O4. The Morgan fingerprint density at radius 3 is 2.41 bits per heavy atom. The van der Waals surface area contributed by atoms with E-state index >= 15 is 0 Å². The minimum absolute atomic E-state index is 0.184. The van der Waals surface area contributed by atoms with Gasteiger partial charge in [0.25, 0.3) is 0 Å². The fraction of sp³-hybridized carbons (Fsp3) is 0.850. The molecule has 168 valence electrons. The number of ether oxygens (including phenoxy) is 2. The summed E-state index contributed by atoms with van der Waals surface area (Å²) in [7, 11) is 3.15. The summed E-state index contributed by atoms with van der Waals surface area (Å²) >= 11 is 0. The molecule has 0 aromatic rings. The number of hydrogen-bond acceptors (Lipinski definition) is 5. The van der Waals surface area contributed by atoms with E-state index in [0.29, 0.717) is 26.2 Å². The SMILES string of the molecule is CCNC(=NCC(C)CN(C)C(=O)OC(C)(C)C)NC1CCN(C(=O)OC)CC1. The van der Waals surface area contributed by atoms with Crippen molar-refractivity contribution < 1.29 is 19.1 Å². The molecule has 2 amide bonds. The van der Waals surface area contributed by atoms with Crippen molar-refractivity contribution in [2.24, 2.45) is 10.9 Å². The molecule has 1 atom stereocenters. The Bertz CT molecular complexity index is 554. The van der Waals surface area contributed by atoms with E-state index in [9.17, 15) is 9.59 Å². The molecule has 0 spiro atoms. The second-order valence-electron chi connectivity index (χ2n) is 8.56. The third-order valence-corrected chi connectivity index (χ3v) is 4.46. The largest absolute Gasteiger partial charge is 0.453 e. The summed E-state index contributed by atoms with van der Waals surface area (Å²) < 4.78 is 10.2. The van der Waals surface area contributed by atoms with Crippen LogP contribution < -0.4 is 10.6 Å². The maximum Gasteiger partial charge on any atom is 0.410 e. The standard InChI is InChI=1S/C20H39N5O4/c1-8-21-17(23-16-9-11-25(12-10-16)19(27)28-7)22-13-15(2)14-24(6)18(26)29-20(3,4)5/h15-16H,8-14H2,1-7H3,(H2,21,22,23). The minimum atomic E-state index is -0.502. The van der Waals surface area contributed by atoms with Gasteiger partial charge in [-0.3, -0.25) is 4.99 Å². The smallest absolute Gasteiger partial charge is 0.410 e. The second-order valence-corrected chi connectivity index (χ2v) is 8.56. The van der Waals surface area contributed by atoms with Gasteiger partial charge in [0.15, 0.2) is 5.96 Å². The summed E-state index contributed by atoms with van der Waals surface area (Å²) in [5, 5.41) is 6.72. The Hall–Kier alpha value is -2.19. The van der Waals surface area contributed by atoms with Crippen LogP contribution in [-0.2, 0) is 9.47 Å². The van der Waals surface area contributed by atoms with Crippen molar-refractivity contribution in [1.82, 2.24) is 20.4 Å². The maximum atomic E-state index is 12.1. The van der Waals surface area contributed by atoms with E-state index in [1.807, 2.05) is 27.7 Å². The predicted octanol–water partition coefficient (Wildman–Crippen LogP) is 2.28. The maximum absolute atomic E-state index is 12.1. The number of nitrogens with one attached hydrogen (secondary N) is 2. The Morgan fingerprint density at radius 2 is 1.90 bits per heavy atom. The van der Waals surface area contributed by atoms with E-state index in [1.165, 1.54) is 7.11 Å². The lowest BCUT2D eigenvalue weighted by molar-refractivity contribution is 0.0278.